The molecule has 0 aliphatic rings. The molecule has 5 nitrogen and oxygen atoms in total. The lowest BCUT2D eigenvalue weighted by atomic mass is 10.1. The maximum atomic E-state index is 14.0. The lowest BCUT2D eigenvalue weighted by molar-refractivity contribution is -0.114. The van der Waals surface area contributed by atoms with Crippen LogP contribution in [0.4, 0.5) is 15.8 Å². The van der Waals surface area contributed by atoms with Crippen molar-refractivity contribution in [2.75, 3.05) is 10.6 Å². The molecule has 2 N–H and O–H groups in total. The van der Waals surface area contributed by atoms with Gasteiger partial charge in [-0.3, -0.25) is 14.6 Å². The van der Waals surface area contributed by atoms with Crippen molar-refractivity contribution in [3.05, 3.63) is 65.1 Å². The average Bonchev–Trinajstić information content (AvgIpc) is 2.57. The zero-order valence-electron chi connectivity index (χ0n) is 14.7. The number of carbonyl (C=O) groups is 2. The SMILES string of the molecule is CC(=O)Nc1ccc(F)c(NC(=O)c2cc3cc(C)ccc3nc2C)c1. The molecule has 1 heterocycles. The van der Waals surface area contributed by atoms with Crippen molar-refractivity contribution in [3.8, 4) is 0 Å². The molecule has 0 unspecified atom stereocenters. The van der Waals surface area contributed by atoms with Gasteiger partial charge in [-0.1, -0.05) is 11.6 Å². The molecule has 0 aliphatic carbocycles. The van der Waals surface area contributed by atoms with Crippen LogP contribution >= 0.6 is 0 Å². The predicted molar refractivity (Wildman–Crippen MR) is 99.9 cm³/mol. The Kier molecular flexibility index (Phi) is 4.67. The van der Waals surface area contributed by atoms with Crippen LogP contribution in [0.5, 0.6) is 0 Å². The lowest BCUT2D eigenvalue weighted by Crippen LogP contribution is -2.16. The Morgan fingerprint density at radius 3 is 2.50 bits per heavy atom. The van der Waals surface area contributed by atoms with Crippen LogP contribution in [0.3, 0.4) is 0 Å². The van der Waals surface area contributed by atoms with E-state index in [1.165, 1.54) is 25.1 Å². The molecule has 0 radical (unpaired) electrons. The Balaban J connectivity index is 1.94. The minimum Gasteiger partial charge on any atom is -0.326 e. The second-order valence-electron chi connectivity index (χ2n) is 6.15. The second kappa shape index (κ2) is 6.92. The van der Waals surface area contributed by atoms with Gasteiger partial charge >= 0.3 is 0 Å². The first-order valence-electron chi connectivity index (χ1n) is 8.10. The van der Waals surface area contributed by atoms with E-state index in [4.69, 9.17) is 0 Å². The van der Waals surface area contributed by atoms with Crippen molar-refractivity contribution >= 4 is 34.1 Å². The van der Waals surface area contributed by atoms with Gasteiger partial charge < -0.3 is 10.6 Å². The van der Waals surface area contributed by atoms with Crippen molar-refractivity contribution < 1.29 is 14.0 Å². The van der Waals surface area contributed by atoms with Crippen molar-refractivity contribution in [1.29, 1.82) is 0 Å². The fraction of sp³-hybridized carbons (Fsp3) is 0.150. The van der Waals surface area contributed by atoms with Crippen molar-refractivity contribution in [2.45, 2.75) is 20.8 Å². The second-order valence-corrected chi connectivity index (χ2v) is 6.15. The Morgan fingerprint density at radius 1 is 1.00 bits per heavy atom. The van der Waals surface area contributed by atoms with Gasteiger partial charge in [0, 0.05) is 18.0 Å². The Bertz CT molecular complexity index is 1030. The summed E-state index contributed by atoms with van der Waals surface area (Å²) < 4.78 is 14.0. The molecule has 3 rings (SSSR count). The van der Waals surface area contributed by atoms with E-state index in [0.29, 0.717) is 16.9 Å². The van der Waals surface area contributed by atoms with Crippen LogP contribution in [0.15, 0.2) is 42.5 Å². The molecule has 0 saturated carbocycles. The number of anilines is 2. The molecule has 0 bridgehead atoms. The van der Waals surface area contributed by atoms with E-state index in [2.05, 4.69) is 15.6 Å². The fourth-order valence-electron chi connectivity index (χ4n) is 2.71. The van der Waals surface area contributed by atoms with E-state index < -0.39 is 11.7 Å². The van der Waals surface area contributed by atoms with Gasteiger partial charge in [-0.05, 0) is 50.2 Å². The predicted octanol–water partition coefficient (Wildman–Crippen LogP) is 4.20. The summed E-state index contributed by atoms with van der Waals surface area (Å²) in [6.45, 7) is 5.05. The summed E-state index contributed by atoms with van der Waals surface area (Å²) in [4.78, 5) is 28.2. The molecule has 6 heteroatoms. The normalized spacial score (nSPS) is 10.6. The summed E-state index contributed by atoms with van der Waals surface area (Å²) in [6.07, 6.45) is 0. The number of amides is 2. The number of aromatic nitrogens is 1. The number of hydrogen-bond acceptors (Lipinski definition) is 3. The summed E-state index contributed by atoms with van der Waals surface area (Å²) in [6, 6.07) is 11.5. The summed E-state index contributed by atoms with van der Waals surface area (Å²) in [5, 5.41) is 5.95. The van der Waals surface area contributed by atoms with E-state index >= 15 is 0 Å². The largest absolute Gasteiger partial charge is 0.326 e. The van der Waals surface area contributed by atoms with Gasteiger partial charge in [0.1, 0.15) is 5.82 Å². The summed E-state index contributed by atoms with van der Waals surface area (Å²) in [5.74, 6) is -1.33. The molecule has 0 aliphatic heterocycles. The highest BCUT2D eigenvalue weighted by molar-refractivity contribution is 6.07. The zero-order chi connectivity index (χ0) is 18.8. The molecule has 132 valence electrons. The van der Waals surface area contributed by atoms with E-state index in [0.717, 1.165) is 16.5 Å². The number of rotatable bonds is 3. The molecule has 0 spiro atoms. The number of fused-ring (bicyclic) bond motifs is 1. The standard InChI is InChI=1S/C20H18FN3O2/c1-11-4-7-18-14(8-11)9-16(12(2)22-18)20(26)24-19-10-15(23-13(3)25)5-6-17(19)21/h4-10H,1-3H3,(H,23,25)(H,24,26). The first kappa shape index (κ1) is 17.5. The molecule has 3 aromatic rings. The number of halogens is 1. The lowest BCUT2D eigenvalue weighted by Gasteiger charge is -2.11. The van der Waals surface area contributed by atoms with Crippen LogP contribution in [0.2, 0.25) is 0 Å². The highest BCUT2D eigenvalue weighted by atomic mass is 19.1. The molecule has 0 saturated heterocycles. The highest BCUT2D eigenvalue weighted by Gasteiger charge is 2.14. The van der Waals surface area contributed by atoms with Gasteiger partial charge in [0.2, 0.25) is 5.91 Å². The third kappa shape index (κ3) is 3.69. The maximum Gasteiger partial charge on any atom is 0.257 e. The summed E-state index contributed by atoms with van der Waals surface area (Å²) in [7, 11) is 0. The van der Waals surface area contributed by atoms with Crippen molar-refractivity contribution in [2.24, 2.45) is 0 Å². The van der Waals surface area contributed by atoms with Gasteiger partial charge in [-0.25, -0.2) is 4.39 Å². The van der Waals surface area contributed by atoms with Crippen LogP contribution in [-0.2, 0) is 4.79 Å². The number of hydrogen-bond donors (Lipinski definition) is 2. The van der Waals surface area contributed by atoms with Gasteiger partial charge in [0.15, 0.2) is 0 Å². The van der Waals surface area contributed by atoms with Crippen LogP contribution in [0, 0.1) is 19.7 Å². The number of pyridine rings is 1. The van der Waals surface area contributed by atoms with E-state index in [1.54, 1.807) is 13.0 Å². The fourth-order valence-corrected chi connectivity index (χ4v) is 2.71. The molecule has 0 fully saturated rings. The number of benzene rings is 2. The van der Waals surface area contributed by atoms with Crippen LogP contribution in [-0.4, -0.2) is 16.8 Å². The maximum absolute atomic E-state index is 14.0. The van der Waals surface area contributed by atoms with Crippen molar-refractivity contribution in [3.63, 3.8) is 0 Å². The Morgan fingerprint density at radius 2 is 1.77 bits per heavy atom. The van der Waals surface area contributed by atoms with Crippen LogP contribution < -0.4 is 10.6 Å². The van der Waals surface area contributed by atoms with E-state index in [9.17, 15) is 14.0 Å². The molecule has 1 aromatic heterocycles. The molecular formula is C20H18FN3O2. The van der Waals surface area contributed by atoms with Gasteiger partial charge in [-0.2, -0.15) is 0 Å². The monoisotopic (exact) mass is 351 g/mol. The number of aryl methyl sites for hydroxylation is 2. The molecule has 2 aromatic carbocycles. The minimum absolute atomic E-state index is 0.00927. The van der Waals surface area contributed by atoms with E-state index in [1.807, 2.05) is 25.1 Å². The molecular weight excluding hydrogens is 333 g/mol. The number of carbonyl (C=O) groups excluding carboxylic acids is 2. The first-order valence-corrected chi connectivity index (χ1v) is 8.10. The average molecular weight is 351 g/mol. The quantitative estimate of drug-likeness (QED) is 0.743. The number of nitrogens with zero attached hydrogens (tertiary/aromatic N) is 1. The van der Waals surface area contributed by atoms with Crippen LogP contribution in [0.1, 0.15) is 28.5 Å². The minimum atomic E-state index is -0.588. The van der Waals surface area contributed by atoms with Crippen molar-refractivity contribution in [1.82, 2.24) is 4.98 Å². The zero-order valence-corrected chi connectivity index (χ0v) is 14.7. The van der Waals surface area contributed by atoms with Gasteiger partial charge in [0.05, 0.1) is 22.5 Å². The molecule has 2 amide bonds. The smallest absolute Gasteiger partial charge is 0.257 e. The number of nitrogens with one attached hydrogen (secondary N) is 2. The highest BCUT2D eigenvalue weighted by Crippen LogP contribution is 2.22. The third-order valence-electron chi connectivity index (χ3n) is 3.94. The molecule has 0 atom stereocenters. The topological polar surface area (TPSA) is 71.1 Å². The van der Waals surface area contributed by atoms with E-state index in [-0.39, 0.29) is 11.6 Å². The van der Waals surface area contributed by atoms with Crippen LogP contribution in [0.25, 0.3) is 10.9 Å². The Labute approximate surface area is 150 Å². The summed E-state index contributed by atoms with van der Waals surface area (Å²) >= 11 is 0. The van der Waals surface area contributed by atoms with Gasteiger partial charge in [-0.15, -0.1) is 0 Å². The Hall–Kier alpha value is -3.28. The molecule has 26 heavy (non-hydrogen) atoms. The van der Waals surface area contributed by atoms with Gasteiger partial charge in [0.25, 0.3) is 5.91 Å². The summed E-state index contributed by atoms with van der Waals surface area (Å²) in [5.41, 5.74) is 3.17. The first-order chi connectivity index (χ1) is 12.3. The third-order valence-corrected chi connectivity index (χ3v) is 3.94.